The SMILES string of the molecule is O=C(O)c1ccc(C(=O)/C=C/c2cccc(C3C=CC=CS3)c2)cc1. The molecule has 2 aromatic rings. The zero-order chi connectivity index (χ0) is 17.6. The first kappa shape index (κ1) is 17.0. The zero-order valence-electron chi connectivity index (χ0n) is 13.3. The van der Waals surface area contributed by atoms with Crippen LogP contribution >= 0.6 is 11.8 Å². The number of allylic oxidation sites excluding steroid dienone is 3. The van der Waals surface area contributed by atoms with Crippen LogP contribution in [0, 0.1) is 0 Å². The fourth-order valence-corrected chi connectivity index (χ4v) is 3.30. The molecule has 2 aromatic carbocycles. The van der Waals surface area contributed by atoms with Crippen molar-refractivity contribution in [2.24, 2.45) is 0 Å². The van der Waals surface area contributed by atoms with Gasteiger partial charge in [-0.3, -0.25) is 4.79 Å². The van der Waals surface area contributed by atoms with Crippen molar-refractivity contribution in [2.45, 2.75) is 5.25 Å². The van der Waals surface area contributed by atoms with Crippen molar-refractivity contribution in [2.75, 3.05) is 0 Å². The smallest absolute Gasteiger partial charge is 0.335 e. The topological polar surface area (TPSA) is 54.4 Å². The number of carboxylic acid groups (broad SMARTS) is 1. The van der Waals surface area contributed by atoms with Gasteiger partial charge in [-0.1, -0.05) is 60.7 Å². The quantitative estimate of drug-likeness (QED) is 0.600. The van der Waals surface area contributed by atoms with Crippen LogP contribution in [0.15, 0.2) is 78.2 Å². The fourth-order valence-electron chi connectivity index (χ4n) is 2.46. The number of carbonyl (C=O) groups is 2. The van der Waals surface area contributed by atoms with Gasteiger partial charge in [0.25, 0.3) is 0 Å². The first-order chi connectivity index (χ1) is 12.1. The standard InChI is InChI=1S/C21H16O3S/c22-19(16-8-10-17(11-9-16)21(23)24)12-7-15-4-3-5-18(14-15)20-6-1-2-13-25-20/h1-14,20H,(H,23,24)/b12-7+. The summed E-state index contributed by atoms with van der Waals surface area (Å²) >= 11 is 1.74. The van der Waals surface area contributed by atoms with Gasteiger partial charge in [0.15, 0.2) is 5.78 Å². The molecule has 0 bridgehead atoms. The predicted molar refractivity (Wildman–Crippen MR) is 102 cm³/mol. The van der Waals surface area contributed by atoms with E-state index in [0.717, 1.165) is 5.56 Å². The van der Waals surface area contributed by atoms with Crippen LogP contribution in [0.25, 0.3) is 6.08 Å². The summed E-state index contributed by atoms with van der Waals surface area (Å²) in [5.41, 5.74) is 2.77. The van der Waals surface area contributed by atoms with Crippen LogP contribution in [-0.2, 0) is 0 Å². The van der Waals surface area contributed by atoms with E-state index in [1.807, 2.05) is 24.3 Å². The Balaban J connectivity index is 1.73. The average Bonchev–Trinajstić information content (AvgIpc) is 2.67. The lowest BCUT2D eigenvalue weighted by Gasteiger charge is -2.13. The molecule has 0 saturated carbocycles. The fraction of sp³-hybridized carbons (Fsp3) is 0.0476. The molecule has 25 heavy (non-hydrogen) atoms. The van der Waals surface area contributed by atoms with E-state index in [1.165, 1.54) is 35.9 Å². The van der Waals surface area contributed by atoms with Crippen LogP contribution in [0.5, 0.6) is 0 Å². The molecule has 0 radical (unpaired) electrons. The third-order valence-electron chi connectivity index (χ3n) is 3.78. The van der Waals surface area contributed by atoms with Crippen molar-refractivity contribution < 1.29 is 14.7 Å². The van der Waals surface area contributed by atoms with Gasteiger partial charge < -0.3 is 5.11 Å². The number of rotatable bonds is 5. The summed E-state index contributed by atoms with van der Waals surface area (Å²) in [5, 5.41) is 11.2. The first-order valence-corrected chi connectivity index (χ1v) is 8.72. The van der Waals surface area contributed by atoms with Gasteiger partial charge in [-0.25, -0.2) is 4.79 Å². The number of aromatic carboxylic acids is 1. The molecule has 0 fully saturated rings. The van der Waals surface area contributed by atoms with Gasteiger partial charge in [0.1, 0.15) is 0 Å². The Bertz CT molecular complexity index is 876. The maximum atomic E-state index is 12.2. The molecule has 1 N–H and O–H groups in total. The van der Waals surface area contributed by atoms with Gasteiger partial charge in [-0.2, -0.15) is 0 Å². The second-order valence-corrected chi connectivity index (χ2v) is 6.57. The lowest BCUT2D eigenvalue weighted by Crippen LogP contribution is -1.99. The van der Waals surface area contributed by atoms with Crippen LogP contribution in [-0.4, -0.2) is 16.9 Å². The molecule has 0 saturated heterocycles. The molecule has 1 heterocycles. The number of hydrogen-bond acceptors (Lipinski definition) is 3. The number of hydrogen-bond donors (Lipinski definition) is 1. The largest absolute Gasteiger partial charge is 0.478 e. The molecule has 3 nitrogen and oxygen atoms in total. The van der Waals surface area contributed by atoms with E-state index in [-0.39, 0.29) is 16.6 Å². The van der Waals surface area contributed by atoms with Crippen molar-refractivity contribution in [1.29, 1.82) is 0 Å². The minimum atomic E-state index is -1.00. The van der Waals surface area contributed by atoms with Gasteiger partial charge in [-0.05, 0) is 34.7 Å². The molecule has 0 spiro atoms. The Kier molecular flexibility index (Phi) is 5.31. The molecule has 1 atom stereocenters. The van der Waals surface area contributed by atoms with Gasteiger partial charge in [-0.15, -0.1) is 11.8 Å². The van der Waals surface area contributed by atoms with Crippen LogP contribution in [0.3, 0.4) is 0 Å². The maximum Gasteiger partial charge on any atom is 0.335 e. The summed E-state index contributed by atoms with van der Waals surface area (Å²) < 4.78 is 0. The molecule has 0 aliphatic carbocycles. The summed E-state index contributed by atoms with van der Waals surface area (Å²) in [4.78, 5) is 23.1. The van der Waals surface area contributed by atoms with E-state index in [9.17, 15) is 9.59 Å². The van der Waals surface area contributed by atoms with Gasteiger partial charge in [0.05, 0.1) is 10.8 Å². The monoisotopic (exact) mass is 348 g/mol. The highest BCUT2D eigenvalue weighted by Crippen LogP contribution is 2.33. The van der Waals surface area contributed by atoms with E-state index in [4.69, 9.17) is 5.11 Å². The molecule has 0 amide bonds. The maximum absolute atomic E-state index is 12.2. The summed E-state index contributed by atoms with van der Waals surface area (Å²) in [6.07, 6.45) is 9.48. The van der Waals surface area contributed by atoms with Crippen molar-refractivity contribution in [3.05, 3.63) is 100 Å². The van der Waals surface area contributed by atoms with E-state index in [0.29, 0.717) is 5.56 Å². The normalized spacial score (nSPS) is 16.2. The highest BCUT2D eigenvalue weighted by atomic mass is 32.2. The van der Waals surface area contributed by atoms with Crippen molar-refractivity contribution in [3.8, 4) is 0 Å². The minimum absolute atomic E-state index is 0.155. The second-order valence-electron chi connectivity index (χ2n) is 5.52. The Labute approximate surface area is 150 Å². The predicted octanol–water partition coefficient (Wildman–Crippen LogP) is 5.14. The van der Waals surface area contributed by atoms with Gasteiger partial charge in [0, 0.05) is 5.56 Å². The van der Waals surface area contributed by atoms with Crippen LogP contribution < -0.4 is 0 Å². The van der Waals surface area contributed by atoms with Crippen molar-refractivity contribution in [1.82, 2.24) is 0 Å². The molecule has 1 aliphatic rings. The average molecular weight is 348 g/mol. The number of benzene rings is 2. The zero-order valence-corrected chi connectivity index (χ0v) is 14.1. The molecule has 4 heteroatoms. The molecular formula is C21H16O3S. The van der Waals surface area contributed by atoms with E-state index >= 15 is 0 Å². The van der Waals surface area contributed by atoms with Crippen LogP contribution in [0.1, 0.15) is 37.1 Å². The number of thioether (sulfide) groups is 1. The lowest BCUT2D eigenvalue weighted by atomic mass is 10.0. The van der Waals surface area contributed by atoms with Crippen LogP contribution in [0.2, 0.25) is 0 Å². The Morgan fingerprint density at radius 3 is 2.44 bits per heavy atom. The number of carbonyl (C=O) groups excluding carboxylic acids is 1. The highest BCUT2D eigenvalue weighted by Gasteiger charge is 2.09. The molecule has 0 aromatic heterocycles. The van der Waals surface area contributed by atoms with Crippen LogP contribution in [0.4, 0.5) is 0 Å². The summed E-state index contributed by atoms with van der Waals surface area (Å²) in [5.74, 6) is -1.16. The minimum Gasteiger partial charge on any atom is -0.478 e. The number of ketones is 1. The summed E-state index contributed by atoms with van der Waals surface area (Å²) in [6, 6.07) is 14.0. The second kappa shape index (κ2) is 7.81. The van der Waals surface area contributed by atoms with Gasteiger partial charge >= 0.3 is 5.97 Å². The molecule has 1 unspecified atom stereocenters. The third-order valence-corrected chi connectivity index (χ3v) is 4.82. The van der Waals surface area contributed by atoms with E-state index in [1.54, 1.807) is 17.8 Å². The Hall–Kier alpha value is -2.85. The van der Waals surface area contributed by atoms with Gasteiger partial charge in [0.2, 0.25) is 0 Å². The third kappa shape index (κ3) is 4.37. The Morgan fingerprint density at radius 2 is 1.76 bits per heavy atom. The molecule has 1 aliphatic heterocycles. The van der Waals surface area contributed by atoms with E-state index in [2.05, 4.69) is 23.6 Å². The highest BCUT2D eigenvalue weighted by molar-refractivity contribution is 8.02. The summed E-state index contributed by atoms with van der Waals surface area (Å²) in [7, 11) is 0. The van der Waals surface area contributed by atoms with Crippen molar-refractivity contribution in [3.63, 3.8) is 0 Å². The van der Waals surface area contributed by atoms with E-state index < -0.39 is 5.97 Å². The van der Waals surface area contributed by atoms with Crippen molar-refractivity contribution >= 4 is 29.6 Å². The molecular weight excluding hydrogens is 332 g/mol. The summed E-state index contributed by atoms with van der Waals surface area (Å²) in [6.45, 7) is 0. The molecule has 124 valence electrons. The lowest BCUT2D eigenvalue weighted by molar-refractivity contribution is 0.0696. The Morgan fingerprint density at radius 1 is 1.00 bits per heavy atom. The molecule has 3 rings (SSSR count). The number of carboxylic acids is 1. The first-order valence-electron chi connectivity index (χ1n) is 7.78.